The van der Waals surface area contributed by atoms with Crippen molar-refractivity contribution in [2.75, 3.05) is 0 Å². The second kappa shape index (κ2) is 28.8. The van der Waals surface area contributed by atoms with Gasteiger partial charge in [-0.25, -0.2) is 0 Å². The number of primary amides is 1. The summed E-state index contributed by atoms with van der Waals surface area (Å²) < 4.78 is 0. The third kappa shape index (κ3) is 20.5. The van der Waals surface area contributed by atoms with Gasteiger partial charge in [-0.3, -0.25) is 57.5 Å². The predicted octanol–water partition coefficient (Wildman–Crippen LogP) is 1.77. The number of hydrogen-bond donors (Lipinski definition) is 10. The highest BCUT2D eigenvalue weighted by Crippen LogP contribution is 2.25. The Kier molecular flexibility index (Phi) is 23.4. The molecule has 1 heterocycles. The topological polar surface area (TPSA) is 390 Å². The maximum atomic E-state index is 14.4. The van der Waals surface area contributed by atoms with Crippen LogP contribution in [0.2, 0.25) is 0 Å². The number of ketones is 4. The molecule has 0 unspecified atom stereocenters. The zero-order chi connectivity index (χ0) is 52.8. The van der Waals surface area contributed by atoms with Crippen LogP contribution < -0.4 is 27.4 Å². The van der Waals surface area contributed by atoms with Crippen molar-refractivity contribution in [2.24, 2.45) is 29.2 Å². The summed E-state index contributed by atoms with van der Waals surface area (Å²) in [6, 6.07) is 9.70. The predicted molar refractivity (Wildman–Crippen MR) is 252 cm³/mol. The normalized spacial score (nSPS) is 14.1. The van der Waals surface area contributed by atoms with Gasteiger partial charge in [0.25, 0.3) is 0 Å². The van der Waals surface area contributed by atoms with E-state index in [9.17, 15) is 72.9 Å². The molecule has 0 aliphatic heterocycles. The Morgan fingerprint density at radius 3 is 1.46 bits per heavy atom. The van der Waals surface area contributed by atoms with E-state index < -0.39 is 170 Å². The van der Waals surface area contributed by atoms with Crippen LogP contribution in [0.25, 0.3) is 10.9 Å². The van der Waals surface area contributed by atoms with Crippen molar-refractivity contribution in [2.45, 2.75) is 127 Å². The van der Waals surface area contributed by atoms with Crippen LogP contribution in [0, 0.1) is 17.8 Å². The molecule has 0 bridgehead atoms. The molecule has 0 saturated heterocycles. The summed E-state index contributed by atoms with van der Waals surface area (Å²) in [4.78, 5) is 157. The molecule has 0 saturated carbocycles. The Labute approximate surface area is 408 Å². The number of aliphatic carboxylic acids is 4. The number of carbonyl (C=O) groups excluding carboxylic acids is 8. The minimum atomic E-state index is -1.58. The van der Waals surface area contributed by atoms with Crippen molar-refractivity contribution in [3.8, 4) is 0 Å². The molecule has 3 rings (SSSR count). The molecule has 0 aliphatic carbocycles. The minimum Gasteiger partial charge on any atom is -0.481 e. The molecule has 22 heteroatoms. The highest BCUT2D eigenvalue weighted by molar-refractivity contribution is 5.98. The summed E-state index contributed by atoms with van der Waals surface area (Å²) in [5.74, 6) is -15.4. The van der Waals surface area contributed by atoms with E-state index >= 15 is 0 Å². The molecule has 3 aromatic rings. The number of benzene rings is 2. The molecule has 0 aliphatic rings. The van der Waals surface area contributed by atoms with Gasteiger partial charge in [0, 0.05) is 86.2 Å². The number of nitrogens with two attached hydrogens (primary N) is 2. The molecule has 7 atom stereocenters. The van der Waals surface area contributed by atoms with E-state index in [0.717, 1.165) is 0 Å². The number of nitrogens with one attached hydrogen (secondary N) is 4. The van der Waals surface area contributed by atoms with Crippen molar-refractivity contribution in [3.63, 3.8) is 0 Å². The quantitative estimate of drug-likeness (QED) is 0.0401. The Balaban J connectivity index is 1.98. The number of Topliss-reactive ketones (excluding diaryl/α,β-unsaturated/α-hetero) is 4. The van der Waals surface area contributed by atoms with Crippen LogP contribution in [0.4, 0.5) is 0 Å². The van der Waals surface area contributed by atoms with Crippen LogP contribution in [-0.4, -0.2) is 120 Å². The Morgan fingerprint density at radius 2 is 0.958 bits per heavy atom. The van der Waals surface area contributed by atoms with Gasteiger partial charge in [-0.15, -0.1) is 0 Å². The largest absolute Gasteiger partial charge is 0.481 e. The van der Waals surface area contributed by atoms with E-state index in [1.807, 2.05) is 0 Å². The molecule has 12 N–H and O–H groups in total. The summed E-state index contributed by atoms with van der Waals surface area (Å²) in [5.41, 5.74) is 13.0. The maximum absolute atomic E-state index is 14.4. The SMILES string of the molecule is CC(=O)[C@H](CCC(=O)O)NC(=O)[C@@H](CC(=O)[C@H](CCC(=O)O)NC(=O)[C@@H](CC(=O)[C@H](CCC(=O)O)NC(=O)[C@H](CCC(N)=O)CC(=O)[C@@H](N)CCC(=O)O)Cc1ccccc1)Cc1c[nH]c2ccccc12. The van der Waals surface area contributed by atoms with Gasteiger partial charge in [0.05, 0.1) is 24.2 Å². The second-order valence-electron chi connectivity index (χ2n) is 17.5. The number of carboxylic acids is 4. The van der Waals surface area contributed by atoms with Crippen LogP contribution in [-0.2, 0) is 70.4 Å². The minimum absolute atomic E-state index is 0.0889. The first kappa shape index (κ1) is 57.7. The zero-order valence-corrected chi connectivity index (χ0v) is 39.3. The maximum Gasteiger partial charge on any atom is 0.303 e. The number of aromatic nitrogens is 1. The molecule has 2 aromatic carbocycles. The number of aromatic amines is 1. The van der Waals surface area contributed by atoms with E-state index in [1.165, 1.54) is 6.92 Å². The van der Waals surface area contributed by atoms with Crippen molar-refractivity contribution in [1.29, 1.82) is 0 Å². The van der Waals surface area contributed by atoms with Gasteiger partial charge in [0.1, 0.15) is 5.78 Å². The summed E-state index contributed by atoms with van der Waals surface area (Å²) >= 11 is 0. The number of carbonyl (C=O) groups is 12. The summed E-state index contributed by atoms with van der Waals surface area (Å²) in [5, 5.41) is 45.8. The van der Waals surface area contributed by atoms with Crippen molar-refractivity contribution in [3.05, 3.63) is 71.9 Å². The van der Waals surface area contributed by atoms with Crippen LogP contribution >= 0.6 is 0 Å². The van der Waals surface area contributed by atoms with Gasteiger partial charge in [0.15, 0.2) is 17.3 Å². The molecular formula is C49H62N6O16. The van der Waals surface area contributed by atoms with Crippen LogP contribution in [0.1, 0.15) is 102 Å². The first-order valence-electron chi connectivity index (χ1n) is 23.0. The molecule has 0 fully saturated rings. The third-order valence-electron chi connectivity index (χ3n) is 11.9. The highest BCUT2D eigenvalue weighted by Gasteiger charge is 2.35. The lowest BCUT2D eigenvalue weighted by molar-refractivity contribution is -0.139. The number of fused-ring (bicyclic) bond motifs is 1. The molecule has 0 radical (unpaired) electrons. The zero-order valence-electron chi connectivity index (χ0n) is 39.3. The molecule has 0 spiro atoms. The first-order chi connectivity index (χ1) is 33.5. The lowest BCUT2D eigenvalue weighted by atomic mass is 9.87. The van der Waals surface area contributed by atoms with Gasteiger partial charge < -0.3 is 52.8 Å². The van der Waals surface area contributed by atoms with Crippen LogP contribution in [0.5, 0.6) is 0 Å². The van der Waals surface area contributed by atoms with E-state index in [4.69, 9.17) is 16.6 Å². The number of rotatable bonds is 35. The molecule has 71 heavy (non-hydrogen) atoms. The van der Waals surface area contributed by atoms with Gasteiger partial charge in [-0.05, 0) is 69.1 Å². The van der Waals surface area contributed by atoms with E-state index in [-0.39, 0.29) is 38.5 Å². The third-order valence-corrected chi connectivity index (χ3v) is 11.9. The molecule has 384 valence electrons. The first-order valence-corrected chi connectivity index (χ1v) is 23.0. The summed E-state index contributed by atoms with van der Waals surface area (Å²) in [7, 11) is 0. The standard InChI is InChI=1S/C49H62N6O16/c1-27(56)35(13-18-44(63)64)53-49(71)31(22-32-26-52-36-10-6-5-9-33(32)36)25-41(59)38(15-20-46(67)68)55-48(70)30(21-28-7-3-2-4-8-28)24-40(58)37(14-19-45(65)66)54-47(69)29(11-16-42(51)60)23-39(57)34(50)12-17-43(61)62/h2-10,26,29-31,34-35,37-38,52H,11-25,50H2,1H3,(H2,51,60)(H,53,71)(H,54,69)(H,55,70)(H,61,62)(H,63,64)(H,65,66)(H,67,68)/t29-,30-,31-,34+,35+,37+,38+/m1/s1. The average molecular weight is 991 g/mol. The fourth-order valence-corrected chi connectivity index (χ4v) is 7.90. The summed E-state index contributed by atoms with van der Waals surface area (Å²) in [6.07, 6.45) is -4.81. The smallest absolute Gasteiger partial charge is 0.303 e. The lowest BCUT2D eigenvalue weighted by Crippen LogP contribution is -2.49. The fourth-order valence-electron chi connectivity index (χ4n) is 7.90. The van der Waals surface area contributed by atoms with Gasteiger partial charge in [-0.2, -0.15) is 0 Å². The van der Waals surface area contributed by atoms with E-state index in [1.54, 1.807) is 60.8 Å². The van der Waals surface area contributed by atoms with Crippen molar-refractivity contribution >= 4 is 81.5 Å². The number of H-pyrrole nitrogens is 1. The van der Waals surface area contributed by atoms with Gasteiger partial charge >= 0.3 is 23.9 Å². The Morgan fingerprint density at radius 1 is 0.521 bits per heavy atom. The van der Waals surface area contributed by atoms with Crippen molar-refractivity contribution in [1.82, 2.24) is 20.9 Å². The summed E-state index contributed by atoms with van der Waals surface area (Å²) in [6.45, 7) is 1.17. The molecule has 4 amide bonds. The lowest BCUT2D eigenvalue weighted by Gasteiger charge is -2.26. The number of amides is 4. The van der Waals surface area contributed by atoms with Crippen LogP contribution in [0.3, 0.4) is 0 Å². The number of hydrogen-bond acceptors (Lipinski definition) is 13. The fraction of sp³-hybridized carbons (Fsp3) is 0.469. The van der Waals surface area contributed by atoms with Gasteiger partial charge in [-0.1, -0.05) is 48.5 Å². The second-order valence-corrected chi connectivity index (χ2v) is 17.5. The highest BCUT2D eigenvalue weighted by atomic mass is 16.4. The van der Waals surface area contributed by atoms with Crippen LogP contribution in [0.15, 0.2) is 60.8 Å². The number of para-hydroxylation sites is 1. The number of carboxylic acid groups (broad SMARTS) is 4. The average Bonchev–Trinajstić information content (AvgIpc) is 3.72. The monoisotopic (exact) mass is 990 g/mol. The van der Waals surface area contributed by atoms with E-state index in [2.05, 4.69) is 20.9 Å². The van der Waals surface area contributed by atoms with Crippen molar-refractivity contribution < 1.29 is 78.0 Å². The molecule has 1 aromatic heterocycles. The molecule has 22 nitrogen and oxygen atoms in total. The van der Waals surface area contributed by atoms with Gasteiger partial charge in [0.2, 0.25) is 23.6 Å². The van der Waals surface area contributed by atoms with E-state index in [0.29, 0.717) is 22.0 Å². The Hall–Kier alpha value is -7.62. The molecular weight excluding hydrogens is 929 g/mol. The Bertz CT molecular complexity index is 2420.